The Bertz CT molecular complexity index is 913. The molecule has 6 nitrogen and oxygen atoms in total. The fraction of sp³-hybridized carbons (Fsp3) is 0.300. The van der Waals surface area contributed by atoms with E-state index in [1.54, 1.807) is 19.4 Å². The number of aliphatic hydroxyl groups is 1. The summed E-state index contributed by atoms with van der Waals surface area (Å²) in [6.07, 6.45) is 4.64. The van der Waals surface area contributed by atoms with E-state index in [1.807, 2.05) is 36.5 Å². The molecule has 0 radical (unpaired) electrons. The minimum Gasteiger partial charge on any atom is -0.481 e. The molecule has 0 bridgehead atoms. The molecular weight excluding hydrogens is 330 g/mol. The maximum atomic E-state index is 12.8. The van der Waals surface area contributed by atoms with Crippen LogP contribution in [0.1, 0.15) is 34.8 Å². The molecule has 1 amide bonds. The molecule has 2 heterocycles. The maximum absolute atomic E-state index is 12.8. The first-order valence-electron chi connectivity index (χ1n) is 8.70. The third kappa shape index (κ3) is 3.15. The number of aliphatic hydroxyl groups excluding tert-OH is 1. The van der Waals surface area contributed by atoms with E-state index in [4.69, 9.17) is 4.74 Å². The SMILES string of the molecule is COc1ccc([C@@H](NC(=O)c2ccc3cc[nH]c3c2)C2CC(O)C2)cn1. The van der Waals surface area contributed by atoms with Gasteiger partial charge in [0.25, 0.3) is 5.91 Å². The van der Waals surface area contributed by atoms with Crippen LogP contribution in [0.5, 0.6) is 5.88 Å². The Morgan fingerprint density at radius 2 is 2.15 bits per heavy atom. The van der Waals surface area contributed by atoms with Gasteiger partial charge in [-0.1, -0.05) is 12.1 Å². The summed E-state index contributed by atoms with van der Waals surface area (Å²) < 4.78 is 5.11. The molecule has 0 unspecified atom stereocenters. The fourth-order valence-corrected chi connectivity index (χ4v) is 3.49. The minimum absolute atomic E-state index is 0.135. The average Bonchev–Trinajstić information content (AvgIpc) is 3.11. The Labute approximate surface area is 151 Å². The van der Waals surface area contributed by atoms with Gasteiger partial charge in [0.15, 0.2) is 0 Å². The van der Waals surface area contributed by atoms with Crippen molar-refractivity contribution in [2.75, 3.05) is 7.11 Å². The van der Waals surface area contributed by atoms with Gasteiger partial charge in [0.1, 0.15) is 0 Å². The molecular formula is C20H21N3O3. The van der Waals surface area contributed by atoms with Crippen molar-refractivity contribution >= 4 is 16.8 Å². The lowest BCUT2D eigenvalue weighted by Gasteiger charge is -2.38. The number of carbonyl (C=O) groups excluding carboxylic acids is 1. The molecule has 1 saturated carbocycles. The van der Waals surface area contributed by atoms with Crippen LogP contribution in [0.15, 0.2) is 48.8 Å². The van der Waals surface area contributed by atoms with Gasteiger partial charge >= 0.3 is 0 Å². The quantitative estimate of drug-likeness (QED) is 0.660. The van der Waals surface area contributed by atoms with E-state index in [1.165, 1.54) is 0 Å². The minimum atomic E-state index is -0.291. The molecule has 1 aromatic carbocycles. The second-order valence-electron chi connectivity index (χ2n) is 6.75. The Kier molecular flexibility index (Phi) is 4.34. The van der Waals surface area contributed by atoms with E-state index in [0.29, 0.717) is 24.3 Å². The lowest BCUT2D eigenvalue weighted by molar-refractivity contribution is 0.0234. The van der Waals surface area contributed by atoms with Crippen LogP contribution in [0.4, 0.5) is 0 Å². The van der Waals surface area contributed by atoms with E-state index in [0.717, 1.165) is 16.5 Å². The zero-order valence-corrected chi connectivity index (χ0v) is 14.5. The van der Waals surface area contributed by atoms with Gasteiger partial charge in [-0.2, -0.15) is 0 Å². The van der Waals surface area contributed by atoms with Crippen molar-refractivity contribution in [3.8, 4) is 5.88 Å². The normalized spacial score (nSPS) is 20.4. The van der Waals surface area contributed by atoms with Gasteiger partial charge in [0, 0.05) is 29.5 Å². The molecule has 2 aromatic heterocycles. The highest BCUT2D eigenvalue weighted by molar-refractivity contribution is 5.98. The van der Waals surface area contributed by atoms with Crippen LogP contribution >= 0.6 is 0 Å². The van der Waals surface area contributed by atoms with Gasteiger partial charge in [-0.3, -0.25) is 4.79 Å². The molecule has 1 fully saturated rings. The first-order valence-corrected chi connectivity index (χ1v) is 8.70. The number of carbonyl (C=O) groups is 1. The summed E-state index contributed by atoms with van der Waals surface area (Å²) in [5.74, 6) is 0.590. The molecule has 4 rings (SSSR count). The molecule has 134 valence electrons. The maximum Gasteiger partial charge on any atom is 0.251 e. The predicted molar refractivity (Wildman–Crippen MR) is 98.0 cm³/mol. The molecule has 26 heavy (non-hydrogen) atoms. The first kappa shape index (κ1) is 16.6. The van der Waals surface area contributed by atoms with Crippen molar-refractivity contribution in [1.82, 2.24) is 15.3 Å². The van der Waals surface area contributed by atoms with Crippen molar-refractivity contribution in [2.24, 2.45) is 5.92 Å². The molecule has 0 aliphatic heterocycles. The Balaban J connectivity index is 1.57. The van der Waals surface area contributed by atoms with Gasteiger partial charge in [-0.05, 0) is 47.9 Å². The first-order chi connectivity index (χ1) is 12.6. The summed E-state index contributed by atoms with van der Waals surface area (Å²) in [4.78, 5) is 20.2. The Morgan fingerprint density at radius 3 is 2.85 bits per heavy atom. The molecule has 1 aliphatic carbocycles. The van der Waals surface area contributed by atoms with Crippen LogP contribution in [0, 0.1) is 5.92 Å². The van der Waals surface area contributed by atoms with Crippen LogP contribution in [0.2, 0.25) is 0 Å². The van der Waals surface area contributed by atoms with E-state index in [9.17, 15) is 9.90 Å². The lowest BCUT2D eigenvalue weighted by atomic mass is 9.75. The number of amides is 1. The van der Waals surface area contributed by atoms with Crippen LogP contribution < -0.4 is 10.1 Å². The second kappa shape index (κ2) is 6.80. The smallest absolute Gasteiger partial charge is 0.251 e. The fourth-order valence-electron chi connectivity index (χ4n) is 3.49. The number of methoxy groups -OCH3 is 1. The zero-order valence-electron chi connectivity index (χ0n) is 14.5. The van der Waals surface area contributed by atoms with Crippen molar-refractivity contribution in [3.05, 3.63) is 59.9 Å². The number of hydrogen-bond acceptors (Lipinski definition) is 4. The number of benzene rings is 1. The summed E-state index contributed by atoms with van der Waals surface area (Å²) in [7, 11) is 1.57. The summed E-state index contributed by atoms with van der Waals surface area (Å²) in [5.41, 5.74) is 2.45. The second-order valence-corrected chi connectivity index (χ2v) is 6.75. The molecule has 1 aliphatic rings. The van der Waals surface area contributed by atoms with Gasteiger partial charge < -0.3 is 20.1 Å². The molecule has 1 atom stereocenters. The number of nitrogens with one attached hydrogen (secondary N) is 2. The number of aromatic nitrogens is 2. The summed E-state index contributed by atoms with van der Waals surface area (Å²) in [5, 5.41) is 13.9. The third-order valence-corrected chi connectivity index (χ3v) is 5.05. The van der Waals surface area contributed by atoms with Crippen LogP contribution in [-0.4, -0.2) is 34.2 Å². The number of rotatable bonds is 5. The van der Waals surface area contributed by atoms with Crippen molar-refractivity contribution in [3.63, 3.8) is 0 Å². The Morgan fingerprint density at radius 1 is 1.31 bits per heavy atom. The molecule has 0 spiro atoms. The number of pyridine rings is 1. The summed E-state index contributed by atoms with van der Waals surface area (Å²) in [6.45, 7) is 0. The number of ether oxygens (including phenoxy) is 1. The zero-order chi connectivity index (χ0) is 18.1. The van der Waals surface area contributed by atoms with E-state index in [-0.39, 0.29) is 24.0 Å². The van der Waals surface area contributed by atoms with E-state index in [2.05, 4.69) is 15.3 Å². The third-order valence-electron chi connectivity index (χ3n) is 5.05. The highest BCUT2D eigenvalue weighted by atomic mass is 16.5. The number of aromatic amines is 1. The number of H-pyrrole nitrogens is 1. The summed E-state index contributed by atoms with van der Waals surface area (Å²) in [6, 6.07) is 11.1. The summed E-state index contributed by atoms with van der Waals surface area (Å²) >= 11 is 0. The monoisotopic (exact) mass is 351 g/mol. The topological polar surface area (TPSA) is 87.2 Å². The largest absolute Gasteiger partial charge is 0.481 e. The Hall–Kier alpha value is -2.86. The molecule has 3 N–H and O–H groups in total. The van der Waals surface area contributed by atoms with Crippen LogP contribution in [0.3, 0.4) is 0 Å². The van der Waals surface area contributed by atoms with Crippen molar-refractivity contribution in [1.29, 1.82) is 0 Å². The number of nitrogens with zero attached hydrogens (tertiary/aromatic N) is 1. The highest BCUT2D eigenvalue weighted by Crippen LogP contribution is 2.38. The number of fused-ring (bicyclic) bond motifs is 1. The van der Waals surface area contributed by atoms with Crippen LogP contribution in [0.25, 0.3) is 10.9 Å². The van der Waals surface area contributed by atoms with E-state index >= 15 is 0 Å². The highest BCUT2D eigenvalue weighted by Gasteiger charge is 2.36. The number of hydrogen-bond donors (Lipinski definition) is 3. The van der Waals surface area contributed by atoms with Crippen molar-refractivity contribution in [2.45, 2.75) is 25.0 Å². The van der Waals surface area contributed by atoms with Crippen LogP contribution in [-0.2, 0) is 0 Å². The van der Waals surface area contributed by atoms with Crippen molar-refractivity contribution < 1.29 is 14.6 Å². The predicted octanol–water partition coefficient (Wildman–Crippen LogP) is 2.81. The molecule has 3 aromatic rings. The molecule has 0 saturated heterocycles. The van der Waals surface area contributed by atoms with Gasteiger partial charge in [0.05, 0.1) is 19.3 Å². The average molecular weight is 351 g/mol. The van der Waals surface area contributed by atoms with Gasteiger partial charge in [-0.15, -0.1) is 0 Å². The standard InChI is InChI=1S/C20H21N3O3/c1-26-18-5-4-14(11-22-18)19(15-8-16(24)9-15)23-20(25)13-3-2-12-6-7-21-17(12)10-13/h2-7,10-11,15-16,19,21,24H,8-9H2,1H3,(H,23,25)/t15?,16?,19-/m1/s1. The van der Waals surface area contributed by atoms with Gasteiger partial charge in [0.2, 0.25) is 5.88 Å². The lowest BCUT2D eigenvalue weighted by Crippen LogP contribution is -2.41. The molecule has 6 heteroatoms. The van der Waals surface area contributed by atoms with Gasteiger partial charge in [-0.25, -0.2) is 4.98 Å². The van der Waals surface area contributed by atoms with E-state index < -0.39 is 0 Å².